The summed E-state index contributed by atoms with van der Waals surface area (Å²) in [6.45, 7) is 0.157. The molecule has 5 amide bonds. The zero-order chi connectivity index (χ0) is 24.6. The van der Waals surface area contributed by atoms with Gasteiger partial charge in [-0.25, -0.2) is 4.79 Å². The van der Waals surface area contributed by atoms with E-state index < -0.39 is 41.2 Å². The van der Waals surface area contributed by atoms with Crippen LogP contribution in [0, 0.1) is 0 Å². The summed E-state index contributed by atoms with van der Waals surface area (Å²) in [4.78, 5) is 49.7. The lowest BCUT2D eigenvalue weighted by Crippen LogP contribution is -2.52. The van der Waals surface area contributed by atoms with Crippen molar-refractivity contribution in [1.29, 1.82) is 0 Å². The smallest absolute Gasteiger partial charge is 0.416 e. The van der Waals surface area contributed by atoms with Gasteiger partial charge in [-0.05, 0) is 41.8 Å². The zero-order valence-electron chi connectivity index (χ0n) is 17.5. The predicted octanol–water partition coefficient (Wildman–Crippen LogP) is 2.49. The number of carbonyl (C=O) groups excluding carboxylic acids is 4. The number of aromatic hydroxyl groups is 1. The van der Waals surface area contributed by atoms with Crippen LogP contribution in [0.2, 0.25) is 0 Å². The molecular weight excluding hydrogens is 457 g/mol. The highest BCUT2D eigenvalue weighted by atomic mass is 19.4. The van der Waals surface area contributed by atoms with Crippen molar-refractivity contribution in [2.24, 2.45) is 0 Å². The number of piperidine rings is 1. The lowest BCUT2D eigenvalue weighted by molar-refractivity contribution is -0.138. The second-order valence-corrected chi connectivity index (χ2v) is 7.93. The molecule has 0 saturated carbocycles. The van der Waals surface area contributed by atoms with Crippen LogP contribution in [0.25, 0.3) is 0 Å². The topological polar surface area (TPSA) is 128 Å². The van der Waals surface area contributed by atoms with Crippen molar-refractivity contribution < 1.29 is 37.5 Å². The fraction of sp³-hybridized carbons (Fsp3) is 0.273. The molecule has 0 radical (unpaired) electrons. The molecule has 9 nitrogen and oxygen atoms in total. The third-order valence-electron chi connectivity index (χ3n) is 5.61. The number of anilines is 1. The van der Waals surface area contributed by atoms with Crippen LogP contribution in [0.4, 0.5) is 23.7 Å². The standard InChI is InChI=1S/C22H19F3N4O5/c23-22(24,25)13-2-5-17(30)15(8-13)27-21(34)26-9-11-1-3-14-12(7-11)10-29(20(14)33)16-4-6-18(31)28-19(16)32/h1-3,5,7-8,16,30H,4,6,9-10H2,(H2,26,27,34)(H,28,31,32). The van der Waals surface area contributed by atoms with Gasteiger partial charge in [0.05, 0.1) is 11.3 Å². The van der Waals surface area contributed by atoms with Gasteiger partial charge in [0, 0.05) is 25.1 Å². The molecule has 1 atom stereocenters. The molecule has 1 fully saturated rings. The molecule has 0 aromatic heterocycles. The normalized spacial score (nSPS) is 17.9. The minimum Gasteiger partial charge on any atom is -0.506 e. The molecule has 2 aromatic carbocycles. The molecule has 178 valence electrons. The van der Waals surface area contributed by atoms with Crippen molar-refractivity contribution >= 4 is 29.4 Å². The Bertz CT molecular complexity index is 1200. The number of halogens is 3. The second-order valence-electron chi connectivity index (χ2n) is 7.93. The highest BCUT2D eigenvalue weighted by Crippen LogP contribution is 2.34. The number of alkyl halides is 3. The number of rotatable bonds is 4. The number of carbonyl (C=O) groups is 4. The largest absolute Gasteiger partial charge is 0.506 e. The molecule has 4 N–H and O–H groups in total. The van der Waals surface area contributed by atoms with Crippen molar-refractivity contribution in [1.82, 2.24) is 15.5 Å². The predicted molar refractivity (Wildman–Crippen MR) is 111 cm³/mol. The summed E-state index contributed by atoms with van der Waals surface area (Å²) in [5.74, 6) is -1.75. The molecule has 0 bridgehead atoms. The van der Waals surface area contributed by atoms with Crippen LogP contribution in [0.5, 0.6) is 5.75 Å². The van der Waals surface area contributed by atoms with Gasteiger partial charge in [0.1, 0.15) is 11.8 Å². The number of phenolic OH excluding ortho intramolecular Hbond substituents is 1. The summed E-state index contributed by atoms with van der Waals surface area (Å²) in [5, 5.41) is 16.6. The van der Waals surface area contributed by atoms with E-state index in [1.54, 1.807) is 18.2 Å². The molecule has 2 heterocycles. The number of amides is 5. The van der Waals surface area contributed by atoms with Crippen LogP contribution in [-0.4, -0.2) is 39.8 Å². The number of nitrogens with one attached hydrogen (secondary N) is 3. The van der Waals surface area contributed by atoms with E-state index in [9.17, 15) is 37.5 Å². The summed E-state index contributed by atoms with van der Waals surface area (Å²) < 4.78 is 38.6. The van der Waals surface area contributed by atoms with Gasteiger partial charge >= 0.3 is 12.2 Å². The van der Waals surface area contributed by atoms with Crippen LogP contribution >= 0.6 is 0 Å². The van der Waals surface area contributed by atoms with Gasteiger partial charge in [-0.2, -0.15) is 13.2 Å². The fourth-order valence-electron chi connectivity index (χ4n) is 3.90. The van der Waals surface area contributed by atoms with Gasteiger partial charge in [0.2, 0.25) is 11.8 Å². The van der Waals surface area contributed by atoms with Crippen molar-refractivity contribution in [3.8, 4) is 5.75 Å². The molecule has 0 spiro atoms. The van der Waals surface area contributed by atoms with Gasteiger partial charge < -0.3 is 20.6 Å². The zero-order valence-corrected chi connectivity index (χ0v) is 17.5. The van der Waals surface area contributed by atoms with E-state index in [4.69, 9.17) is 0 Å². The molecule has 2 aliphatic heterocycles. The van der Waals surface area contributed by atoms with Crippen molar-refractivity contribution in [3.05, 3.63) is 58.7 Å². The number of fused-ring (bicyclic) bond motifs is 1. The number of benzene rings is 2. The van der Waals surface area contributed by atoms with Gasteiger partial charge in [0.25, 0.3) is 5.91 Å². The maximum Gasteiger partial charge on any atom is 0.416 e. The first-order valence-corrected chi connectivity index (χ1v) is 10.2. The molecular formula is C22H19F3N4O5. The quantitative estimate of drug-likeness (QED) is 0.398. The number of nitrogens with zero attached hydrogens (tertiary/aromatic N) is 1. The van der Waals surface area contributed by atoms with E-state index in [0.717, 1.165) is 6.07 Å². The van der Waals surface area contributed by atoms with E-state index in [-0.39, 0.29) is 37.7 Å². The molecule has 0 aliphatic carbocycles. The molecule has 2 aromatic rings. The average Bonchev–Trinajstić information content (AvgIpc) is 3.08. The fourth-order valence-corrected chi connectivity index (χ4v) is 3.90. The maximum absolute atomic E-state index is 12.9. The number of hydrogen-bond acceptors (Lipinski definition) is 5. The molecule has 1 unspecified atom stereocenters. The summed E-state index contributed by atoms with van der Waals surface area (Å²) >= 11 is 0. The van der Waals surface area contributed by atoms with E-state index in [0.29, 0.717) is 28.8 Å². The summed E-state index contributed by atoms with van der Waals surface area (Å²) in [6, 6.07) is 5.43. The molecule has 34 heavy (non-hydrogen) atoms. The molecule has 2 aliphatic rings. The number of imide groups is 1. The first kappa shape index (κ1) is 23.1. The first-order chi connectivity index (χ1) is 16.0. The third kappa shape index (κ3) is 4.65. The van der Waals surface area contributed by atoms with E-state index in [1.165, 1.54) is 4.90 Å². The van der Waals surface area contributed by atoms with Crippen LogP contribution in [-0.2, 0) is 28.9 Å². The van der Waals surface area contributed by atoms with Gasteiger partial charge in [0.15, 0.2) is 0 Å². The lowest BCUT2D eigenvalue weighted by atomic mass is 10.0. The van der Waals surface area contributed by atoms with Crippen molar-refractivity contribution in [2.75, 3.05) is 5.32 Å². The van der Waals surface area contributed by atoms with E-state index in [2.05, 4.69) is 16.0 Å². The van der Waals surface area contributed by atoms with Crippen molar-refractivity contribution in [2.45, 2.75) is 38.1 Å². The van der Waals surface area contributed by atoms with Crippen LogP contribution < -0.4 is 16.0 Å². The maximum atomic E-state index is 12.9. The Hall–Kier alpha value is -4.09. The third-order valence-corrected chi connectivity index (χ3v) is 5.61. The second kappa shape index (κ2) is 8.69. The van der Waals surface area contributed by atoms with Crippen molar-refractivity contribution in [3.63, 3.8) is 0 Å². The van der Waals surface area contributed by atoms with E-state index in [1.807, 2.05) is 0 Å². The minimum atomic E-state index is -4.63. The van der Waals surface area contributed by atoms with Crippen LogP contribution in [0.1, 0.15) is 39.9 Å². The average molecular weight is 476 g/mol. The highest BCUT2D eigenvalue weighted by molar-refractivity contribution is 6.05. The Morgan fingerprint density at radius 3 is 2.62 bits per heavy atom. The highest BCUT2D eigenvalue weighted by Gasteiger charge is 2.39. The molecule has 4 rings (SSSR count). The van der Waals surface area contributed by atoms with Crippen LogP contribution in [0.3, 0.4) is 0 Å². The number of hydrogen-bond donors (Lipinski definition) is 4. The summed E-state index contributed by atoms with van der Waals surface area (Å²) in [6.07, 6.45) is -4.26. The summed E-state index contributed by atoms with van der Waals surface area (Å²) in [7, 11) is 0. The van der Waals surface area contributed by atoms with Crippen LogP contribution in [0.15, 0.2) is 36.4 Å². The van der Waals surface area contributed by atoms with E-state index >= 15 is 0 Å². The minimum absolute atomic E-state index is 0.00849. The Kier molecular flexibility index (Phi) is 5.90. The Labute approximate surface area is 190 Å². The SMILES string of the molecule is O=C1CCC(N2Cc3cc(CNC(=O)Nc4cc(C(F)(F)F)ccc4O)ccc3C2=O)C(=O)N1. The van der Waals surface area contributed by atoms with Gasteiger partial charge in [-0.1, -0.05) is 12.1 Å². The Morgan fingerprint density at radius 1 is 1.15 bits per heavy atom. The molecule has 12 heteroatoms. The van der Waals surface area contributed by atoms with Gasteiger partial charge in [-0.15, -0.1) is 0 Å². The first-order valence-electron chi connectivity index (χ1n) is 10.2. The Morgan fingerprint density at radius 2 is 1.91 bits per heavy atom. The van der Waals surface area contributed by atoms with Gasteiger partial charge in [-0.3, -0.25) is 19.7 Å². The monoisotopic (exact) mass is 476 g/mol. The number of phenols is 1. The Balaban J connectivity index is 1.39. The number of urea groups is 1. The lowest BCUT2D eigenvalue weighted by Gasteiger charge is -2.29. The molecule has 1 saturated heterocycles. The summed E-state index contributed by atoms with van der Waals surface area (Å²) in [5.41, 5.74) is 0.244.